The van der Waals surface area contributed by atoms with Gasteiger partial charge in [0.2, 0.25) is 28.6 Å². The molecule has 0 bridgehead atoms. The van der Waals surface area contributed by atoms with Crippen LogP contribution in [0.3, 0.4) is 0 Å². The third-order valence-electron chi connectivity index (χ3n) is 8.09. The van der Waals surface area contributed by atoms with Crippen LogP contribution in [0.4, 0.5) is 5.69 Å². The van der Waals surface area contributed by atoms with E-state index in [0.29, 0.717) is 11.5 Å². The van der Waals surface area contributed by atoms with E-state index in [0.717, 1.165) is 52.0 Å². The van der Waals surface area contributed by atoms with Crippen LogP contribution in [0.15, 0.2) is 77.3 Å². The van der Waals surface area contributed by atoms with Gasteiger partial charge in [0, 0.05) is 29.5 Å². The summed E-state index contributed by atoms with van der Waals surface area (Å²) in [4.78, 5) is 30.0. The molecule has 0 spiro atoms. The van der Waals surface area contributed by atoms with Gasteiger partial charge >= 0.3 is 0 Å². The van der Waals surface area contributed by atoms with Crippen molar-refractivity contribution in [3.63, 3.8) is 0 Å². The lowest BCUT2D eigenvalue weighted by atomic mass is 9.94. The highest BCUT2D eigenvalue weighted by Crippen LogP contribution is 2.36. The Hall–Kier alpha value is -3.57. The highest BCUT2D eigenvalue weighted by molar-refractivity contribution is 9.10. The topological polar surface area (TPSA) is 105 Å². The van der Waals surface area contributed by atoms with E-state index in [1.54, 1.807) is 18.2 Å². The molecule has 9 nitrogen and oxygen atoms in total. The van der Waals surface area contributed by atoms with Gasteiger partial charge in [0.15, 0.2) is 11.5 Å². The second kappa shape index (κ2) is 14.5. The molecule has 0 aromatic heterocycles. The minimum absolute atomic E-state index is 0.0376. The molecule has 3 aromatic carbocycles. The number of nitrogens with zero attached hydrogens (tertiary/aromatic N) is 2. The maximum absolute atomic E-state index is 14.4. The Labute approximate surface area is 267 Å². The van der Waals surface area contributed by atoms with Crippen molar-refractivity contribution in [2.75, 3.05) is 23.4 Å². The molecule has 5 rings (SSSR count). The molecule has 44 heavy (non-hydrogen) atoms. The number of hydrogen-bond donors (Lipinski definition) is 1. The fourth-order valence-electron chi connectivity index (χ4n) is 5.69. The number of sulfonamides is 1. The normalized spacial score (nSPS) is 15.4. The van der Waals surface area contributed by atoms with Crippen LogP contribution >= 0.6 is 15.9 Å². The second-order valence-electron chi connectivity index (χ2n) is 11.1. The summed E-state index contributed by atoms with van der Waals surface area (Å²) in [5.41, 5.74) is 2.00. The molecule has 0 unspecified atom stereocenters. The zero-order valence-electron chi connectivity index (χ0n) is 24.8. The summed E-state index contributed by atoms with van der Waals surface area (Å²) in [7, 11) is -3.89. The van der Waals surface area contributed by atoms with Gasteiger partial charge in [0.1, 0.15) is 12.6 Å². The molecule has 1 aliphatic heterocycles. The van der Waals surface area contributed by atoms with E-state index < -0.39 is 28.5 Å². The number of fused-ring (bicyclic) bond motifs is 1. The summed E-state index contributed by atoms with van der Waals surface area (Å²) in [6.07, 6.45) is 5.33. The van der Waals surface area contributed by atoms with E-state index >= 15 is 0 Å². The van der Waals surface area contributed by atoms with E-state index in [2.05, 4.69) is 21.2 Å². The molecule has 11 heteroatoms. The Morgan fingerprint density at radius 1 is 0.932 bits per heavy atom. The van der Waals surface area contributed by atoms with Crippen molar-refractivity contribution in [3.8, 4) is 11.5 Å². The Morgan fingerprint density at radius 3 is 2.39 bits per heavy atom. The van der Waals surface area contributed by atoms with Gasteiger partial charge in [0.05, 0.1) is 11.4 Å². The maximum Gasteiger partial charge on any atom is 0.244 e. The van der Waals surface area contributed by atoms with Gasteiger partial charge in [-0.25, -0.2) is 8.42 Å². The fraction of sp³-hybridized carbons (Fsp3) is 0.394. The lowest BCUT2D eigenvalue weighted by molar-refractivity contribution is -0.140. The van der Waals surface area contributed by atoms with Crippen molar-refractivity contribution in [1.82, 2.24) is 10.2 Å². The number of amides is 2. The molecule has 2 amide bonds. The van der Waals surface area contributed by atoms with Crippen LogP contribution in [-0.2, 0) is 32.6 Å². The van der Waals surface area contributed by atoms with Gasteiger partial charge in [-0.1, -0.05) is 77.7 Å². The summed E-state index contributed by atoms with van der Waals surface area (Å²) >= 11 is 3.51. The van der Waals surface area contributed by atoms with Crippen LogP contribution in [0.1, 0.15) is 50.2 Å². The molecule has 0 radical (unpaired) electrons. The predicted octanol–water partition coefficient (Wildman–Crippen LogP) is 5.42. The number of nitrogens with one attached hydrogen (secondary N) is 1. The largest absolute Gasteiger partial charge is 0.454 e. The average molecular weight is 685 g/mol. The summed E-state index contributed by atoms with van der Waals surface area (Å²) < 4.78 is 39.7. The zero-order chi connectivity index (χ0) is 31.1. The Bertz CT molecular complexity index is 1560. The predicted molar refractivity (Wildman–Crippen MR) is 173 cm³/mol. The second-order valence-corrected chi connectivity index (χ2v) is 14.2. The minimum Gasteiger partial charge on any atom is -0.454 e. The van der Waals surface area contributed by atoms with Crippen molar-refractivity contribution in [1.29, 1.82) is 0 Å². The van der Waals surface area contributed by atoms with Gasteiger partial charge in [-0.2, -0.15) is 0 Å². The van der Waals surface area contributed by atoms with Crippen molar-refractivity contribution in [2.24, 2.45) is 0 Å². The molecule has 0 saturated heterocycles. The number of ether oxygens (including phenoxy) is 2. The van der Waals surface area contributed by atoms with E-state index in [1.807, 2.05) is 54.6 Å². The Kier molecular flexibility index (Phi) is 10.5. The molecule has 1 aliphatic carbocycles. The van der Waals surface area contributed by atoms with E-state index in [1.165, 1.54) is 11.8 Å². The van der Waals surface area contributed by atoms with Gasteiger partial charge in [-0.15, -0.1) is 0 Å². The standard InChI is InChI=1S/C33H38BrN3O6S/c1-2-44(40,41)37(28-16-17-30-31(20-28)43-23-42-30)22-32(38)36(21-25-12-9-13-26(34)18-25)29(19-24-10-5-3-6-11-24)33(39)35-27-14-7-4-8-15-27/h3,5-6,9-13,16-18,20,27,29H,2,4,7-8,14-15,19,21-23H2,1H3,(H,35,39)/t29-/m0/s1. The van der Waals surface area contributed by atoms with Crippen LogP contribution in [0.2, 0.25) is 0 Å². The molecule has 234 valence electrons. The molecular formula is C33H38BrN3O6S. The van der Waals surface area contributed by atoms with Gasteiger partial charge in [-0.3, -0.25) is 13.9 Å². The highest BCUT2D eigenvalue weighted by atomic mass is 79.9. The van der Waals surface area contributed by atoms with Crippen LogP contribution in [0.25, 0.3) is 0 Å². The first-order valence-corrected chi connectivity index (χ1v) is 17.4. The number of rotatable bonds is 12. The van der Waals surface area contributed by atoms with Crippen molar-refractivity contribution in [2.45, 2.75) is 64.1 Å². The SMILES string of the molecule is CCS(=O)(=O)N(CC(=O)N(Cc1cccc(Br)c1)[C@@H](Cc1ccccc1)C(=O)NC1CCCCC1)c1ccc2c(c1)OCO2. The summed E-state index contributed by atoms with van der Waals surface area (Å²) in [5.74, 6) is -0.0225. The molecule has 1 heterocycles. The first kappa shape index (κ1) is 31.8. The van der Waals surface area contributed by atoms with Crippen LogP contribution in [0, 0.1) is 0 Å². The maximum atomic E-state index is 14.4. The van der Waals surface area contributed by atoms with Gasteiger partial charge in [-0.05, 0) is 55.2 Å². The van der Waals surface area contributed by atoms with Crippen molar-refractivity contribution in [3.05, 3.63) is 88.4 Å². The molecule has 1 atom stereocenters. The number of benzene rings is 3. The number of carbonyl (C=O) groups is 2. The third-order valence-corrected chi connectivity index (χ3v) is 10.3. The van der Waals surface area contributed by atoms with Crippen molar-refractivity contribution >= 4 is 43.5 Å². The first-order valence-electron chi connectivity index (χ1n) is 15.0. The van der Waals surface area contributed by atoms with Crippen LogP contribution < -0.4 is 19.1 Å². The van der Waals surface area contributed by atoms with Crippen molar-refractivity contribution < 1.29 is 27.5 Å². The van der Waals surface area contributed by atoms with E-state index in [9.17, 15) is 18.0 Å². The number of anilines is 1. The molecular weight excluding hydrogens is 646 g/mol. The summed E-state index contributed by atoms with van der Waals surface area (Å²) in [6, 6.07) is 21.1. The molecule has 1 fully saturated rings. The fourth-order valence-corrected chi connectivity index (χ4v) is 7.19. The van der Waals surface area contributed by atoms with Gasteiger partial charge < -0.3 is 19.7 Å². The number of halogens is 1. The number of hydrogen-bond acceptors (Lipinski definition) is 6. The Balaban J connectivity index is 1.51. The average Bonchev–Trinajstić information content (AvgIpc) is 3.50. The monoisotopic (exact) mass is 683 g/mol. The molecule has 2 aliphatic rings. The molecule has 1 saturated carbocycles. The highest BCUT2D eigenvalue weighted by Gasteiger charge is 2.35. The quantitative estimate of drug-likeness (QED) is 0.273. The van der Waals surface area contributed by atoms with E-state index in [-0.39, 0.29) is 43.1 Å². The number of carbonyl (C=O) groups excluding carboxylic acids is 2. The van der Waals surface area contributed by atoms with E-state index in [4.69, 9.17) is 9.47 Å². The third kappa shape index (κ3) is 7.92. The summed E-state index contributed by atoms with van der Waals surface area (Å²) in [6.45, 7) is 1.21. The van der Waals surface area contributed by atoms with Gasteiger partial charge in [0.25, 0.3) is 0 Å². The first-order chi connectivity index (χ1) is 21.2. The molecule has 3 aromatic rings. The Morgan fingerprint density at radius 2 is 1.66 bits per heavy atom. The lowest BCUT2D eigenvalue weighted by Crippen LogP contribution is -2.55. The molecule has 1 N–H and O–H groups in total. The van der Waals surface area contributed by atoms with Crippen LogP contribution in [0.5, 0.6) is 11.5 Å². The smallest absolute Gasteiger partial charge is 0.244 e. The lowest BCUT2D eigenvalue weighted by Gasteiger charge is -2.35. The zero-order valence-corrected chi connectivity index (χ0v) is 27.2. The van der Waals surface area contributed by atoms with Crippen LogP contribution in [-0.4, -0.2) is 56.3 Å². The summed E-state index contributed by atoms with van der Waals surface area (Å²) in [5, 5.41) is 3.22. The minimum atomic E-state index is -3.89.